The lowest BCUT2D eigenvalue weighted by Gasteiger charge is -2.07. The number of nitriles is 1. The Balaban J connectivity index is 2.17. The highest BCUT2D eigenvalue weighted by Crippen LogP contribution is 2.31. The molecule has 24 heavy (non-hydrogen) atoms. The minimum atomic E-state index is -0.936. The third kappa shape index (κ3) is 4.61. The number of carbonyl (C=O) groups excluding carboxylic acids is 1. The van der Waals surface area contributed by atoms with E-state index in [9.17, 15) is 14.9 Å². The summed E-state index contributed by atoms with van der Waals surface area (Å²) in [5, 5.41) is 18.1. The van der Waals surface area contributed by atoms with Crippen molar-refractivity contribution in [1.82, 2.24) is 0 Å². The molecule has 2 aromatic carbocycles. The van der Waals surface area contributed by atoms with E-state index in [0.717, 1.165) is 9.79 Å². The van der Waals surface area contributed by atoms with Crippen LogP contribution in [0.5, 0.6) is 0 Å². The highest BCUT2D eigenvalue weighted by molar-refractivity contribution is 7.99. The van der Waals surface area contributed by atoms with Crippen LogP contribution in [0.15, 0.2) is 52.3 Å². The Kier molecular flexibility index (Phi) is 5.99. The molecule has 122 valence electrons. The molecular weight excluding hydrogens is 326 g/mol. The summed E-state index contributed by atoms with van der Waals surface area (Å²) in [6.07, 6.45) is -0.117. The zero-order valence-corrected chi connectivity index (χ0v) is 13.8. The molecule has 0 spiro atoms. The van der Waals surface area contributed by atoms with Crippen LogP contribution in [0.2, 0.25) is 0 Å². The van der Waals surface area contributed by atoms with E-state index in [1.165, 1.54) is 11.8 Å². The lowest BCUT2D eigenvalue weighted by atomic mass is 10.1. The van der Waals surface area contributed by atoms with E-state index in [2.05, 4.69) is 6.07 Å². The van der Waals surface area contributed by atoms with Gasteiger partial charge in [-0.25, -0.2) is 4.79 Å². The molecule has 0 saturated heterocycles. The molecule has 0 radical (unpaired) electrons. The number of carboxylic acid groups (broad SMARTS) is 1. The van der Waals surface area contributed by atoms with Gasteiger partial charge < -0.3 is 9.84 Å². The average Bonchev–Trinajstić information content (AvgIpc) is 2.56. The molecule has 2 rings (SSSR count). The molecule has 5 nitrogen and oxygen atoms in total. The summed E-state index contributed by atoms with van der Waals surface area (Å²) in [5.41, 5.74) is 1.48. The van der Waals surface area contributed by atoms with Crippen LogP contribution in [0.4, 0.5) is 0 Å². The summed E-state index contributed by atoms with van der Waals surface area (Å²) < 4.78 is 4.93. The van der Waals surface area contributed by atoms with Gasteiger partial charge in [0, 0.05) is 9.79 Å². The molecule has 0 saturated carbocycles. The second kappa shape index (κ2) is 8.18. The number of hydrogen-bond donors (Lipinski definition) is 1. The van der Waals surface area contributed by atoms with Gasteiger partial charge in [0.05, 0.1) is 24.2 Å². The molecule has 0 aliphatic carbocycles. The molecule has 1 N–H and O–H groups in total. The second-order valence-corrected chi connectivity index (χ2v) is 5.98. The highest BCUT2D eigenvalue weighted by atomic mass is 32.2. The number of hydrogen-bond acceptors (Lipinski definition) is 5. The monoisotopic (exact) mass is 341 g/mol. The van der Waals surface area contributed by atoms with Crippen molar-refractivity contribution in [3.8, 4) is 6.07 Å². The van der Waals surface area contributed by atoms with Crippen LogP contribution in [0.1, 0.15) is 28.4 Å². The number of carbonyl (C=O) groups is 2. The van der Waals surface area contributed by atoms with Crippen LogP contribution in [0.3, 0.4) is 0 Å². The predicted octanol–water partition coefficient (Wildman–Crippen LogP) is 3.51. The predicted molar refractivity (Wildman–Crippen MR) is 89.0 cm³/mol. The number of rotatable bonds is 6. The summed E-state index contributed by atoms with van der Waals surface area (Å²) in [6.45, 7) is 2.07. The zero-order valence-electron chi connectivity index (χ0n) is 13.0. The first-order valence-corrected chi connectivity index (χ1v) is 8.05. The number of nitrogens with zero attached hydrogens (tertiary/aromatic N) is 1. The molecule has 0 bridgehead atoms. The van der Waals surface area contributed by atoms with Crippen LogP contribution < -0.4 is 0 Å². The minimum absolute atomic E-state index is 0.117. The van der Waals surface area contributed by atoms with Gasteiger partial charge in [-0.1, -0.05) is 17.8 Å². The van der Waals surface area contributed by atoms with Gasteiger partial charge in [-0.3, -0.25) is 4.79 Å². The average molecular weight is 341 g/mol. The molecule has 0 aliphatic rings. The largest absolute Gasteiger partial charge is 0.481 e. The van der Waals surface area contributed by atoms with Crippen LogP contribution in [0.25, 0.3) is 0 Å². The van der Waals surface area contributed by atoms with Crippen molar-refractivity contribution in [2.45, 2.75) is 23.1 Å². The number of carboxylic acids is 1. The molecule has 0 heterocycles. The van der Waals surface area contributed by atoms with Crippen LogP contribution >= 0.6 is 11.8 Å². The highest BCUT2D eigenvalue weighted by Gasteiger charge is 2.10. The van der Waals surface area contributed by atoms with E-state index in [1.807, 2.05) is 0 Å². The quantitative estimate of drug-likeness (QED) is 0.809. The summed E-state index contributed by atoms with van der Waals surface area (Å²) in [6, 6.07) is 14.0. The van der Waals surface area contributed by atoms with Crippen molar-refractivity contribution in [2.24, 2.45) is 0 Å². The first kappa shape index (κ1) is 17.6. The van der Waals surface area contributed by atoms with Gasteiger partial charge in [-0.15, -0.1) is 0 Å². The van der Waals surface area contributed by atoms with Gasteiger partial charge in [-0.2, -0.15) is 5.26 Å². The number of benzene rings is 2. The van der Waals surface area contributed by atoms with Crippen LogP contribution in [0, 0.1) is 11.3 Å². The minimum Gasteiger partial charge on any atom is -0.481 e. The normalized spacial score (nSPS) is 10.0. The first-order valence-electron chi connectivity index (χ1n) is 7.23. The van der Waals surface area contributed by atoms with Gasteiger partial charge in [0.15, 0.2) is 0 Å². The van der Waals surface area contributed by atoms with Crippen molar-refractivity contribution < 1.29 is 19.4 Å². The fourth-order valence-corrected chi connectivity index (χ4v) is 2.92. The molecule has 0 amide bonds. The maximum atomic E-state index is 11.6. The standard InChI is InChI=1S/C18H15NO4S/c1-2-23-18(22)13-4-6-15(7-5-13)24-16-8-3-12(10-17(20)21)9-14(16)11-19/h3-9H,2,10H2,1H3,(H,20,21). The smallest absolute Gasteiger partial charge is 0.338 e. The molecule has 0 unspecified atom stereocenters. The van der Waals surface area contributed by atoms with Crippen molar-refractivity contribution in [3.63, 3.8) is 0 Å². The summed E-state index contributed by atoms with van der Waals surface area (Å²) in [5.74, 6) is -1.31. The fourth-order valence-electron chi connectivity index (χ4n) is 2.04. The summed E-state index contributed by atoms with van der Waals surface area (Å²) >= 11 is 1.38. The van der Waals surface area contributed by atoms with Crippen molar-refractivity contribution in [3.05, 3.63) is 59.2 Å². The van der Waals surface area contributed by atoms with Crippen molar-refractivity contribution in [2.75, 3.05) is 6.61 Å². The zero-order chi connectivity index (χ0) is 17.5. The van der Waals surface area contributed by atoms with Gasteiger partial charge >= 0.3 is 11.9 Å². The summed E-state index contributed by atoms with van der Waals surface area (Å²) in [4.78, 5) is 24.0. The molecule has 0 atom stereocenters. The maximum Gasteiger partial charge on any atom is 0.338 e. The third-order valence-corrected chi connectivity index (χ3v) is 4.20. The number of ether oxygens (including phenoxy) is 1. The Morgan fingerprint density at radius 1 is 1.21 bits per heavy atom. The van der Waals surface area contributed by atoms with Gasteiger partial charge in [0.2, 0.25) is 0 Å². The van der Waals surface area contributed by atoms with E-state index in [4.69, 9.17) is 9.84 Å². The number of esters is 1. The Morgan fingerprint density at radius 2 is 1.92 bits per heavy atom. The Labute approximate surface area is 143 Å². The molecular formula is C18H15NO4S. The fraction of sp³-hybridized carbons (Fsp3) is 0.167. The maximum absolute atomic E-state index is 11.6. The molecule has 0 fully saturated rings. The Hall–Kier alpha value is -2.78. The third-order valence-electron chi connectivity index (χ3n) is 3.11. The molecule has 6 heteroatoms. The van der Waals surface area contributed by atoms with E-state index >= 15 is 0 Å². The van der Waals surface area contributed by atoms with Gasteiger partial charge in [-0.05, 0) is 48.9 Å². The van der Waals surface area contributed by atoms with E-state index in [0.29, 0.717) is 23.3 Å². The van der Waals surface area contributed by atoms with E-state index in [-0.39, 0.29) is 12.4 Å². The van der Waals surface area contributed by atoms with Crippen LogP contribution in [-0.4, -0.2) is 23.7 Å². The Bertz CT molecular complexity index is 794. The Morgan fingerprint density at radius 3 is 2.50 bits per heavy atom. The lowest BCUT2D eigenvalue weighted by molar-refractivity contribution is -0.136. The topological polar surface area (TPSA) is 87.4 Å². The molecule has 2 aromatic rings. The van der Waals surface area contributed by atoms with Gasteiger partial charge in [0.25, 0.3) is 0 Å². The van der Waals surface area contributed by atoms with E-state index < -0.39 is 5.97 Å². The van der Waals surface area contributed by atoms with Crippen molar-refractivity contribution in [1.29, 1.82) is 5.26 Å². The summed E-state index contributed by atoms with van der Waals surface area (Å²) in [7, 11) is 0. The van der Waals surface area contributed by atoms with Gasteiger partial charge in [0.1, 0.15) is 6.07 Å². The van der Waals surface area contributed by atoms with Crippen molar-refractivity contribution >= 4 is 23.7 Å². The molecule has 0 aliphatic heterocycles. The molecule has 0 aromatic heterocycles. The van der Waals surface area contributed by atoms with Crippen LogP contribution in [-0.2, 0) is 16.0 Å². The lowest BCUT2D eigenvalue weighted by Crippen LogP contribution is -2.03. The first-order chi connectivity index (χ1) is 11.5. The number of aliphatic carboxylic acids is 1. The SMILES string of the molecule is CCOC(=O)c1ccc(Sc2ccc(CC(=O)O)cc2C#N)cc1. The second-order valence-electron chi connectivity index (χ2n) is 4.86. The van der Waals surface area contributed by atoms with E-state index in [1.54, 1.807) is 49.4 Å².